The van der Waals surface area contributed by atoms with Crippen LogP contribution in [0.1, 0.15) is 58.3 Å². The standard InChI is InChI=1S/C24H38N2O3/c1-3-5-6-7-13-20-28-23-15-10-9-14-22(23)25-24(27)29-21-19-26(16-4-2)17-11-8-12-18-26/h4,9-10,14-15H,2-3,5-8,11-13,16-21H2,1H3/p+1. The topological polar surface area (TPSA) is 47.6 Å². The van der Waals surface area contributed by atoms with Crippen LogP contribution in [0.5, 0.6) is 5.75 Å². The van der Waals surface area contributed by atoms with E-state index in [1.165, 1.54) is 44.9 Å². The molecule has 1 saturated heterocycles. The molecule has 0 atom stereocenters. The zero-order chi connectivity index (χ0) is 20.8. The van der Waals surface area contributed by atoms with Gasteiger partial charge in [-0.3, -0.25) is 5.32 Å². The molecule has 1 aromatic carbocycles. The second-order valence-electron chi connectivity index (χ2n) is 8.06. The van der Waals surface area contributed by atoms with Crippen LogP contribution in [0.15, 0.2) is 36.9 Å². The summed E-state index contributed by atoms with van der Waals surface area (Å²) in [5, 5.41) is 2.84. The molecule has 29 heavy (non-hydrogen) atoms. The van der Waals surface area contributed by atoms with E-state index in [-0.39, 0.29) is 0 Å². The Labute approximate surface area is 176 Å². The fraction of sp³-hybridized carbons (Fsp3) is 0.625. The number of anilines is 1. The number of para-hydroxylation sites is 2. The van der Waals surface area contributed by atoms with Crippen molar-refractivity contribution < 1.29 is 18.8 Å². The molecule has 0 saturated carbocycles. The number of nitrogens with zero attached hydrogens (tertiary/aromatic N) is 1. The van der Waals surface area contributed by atoms with Crippen molar-refractivity contribution in [3.05, 3.63) is 36.9 Å². The van der Waals surface area contributed by atoms with Gasteiger partial charge in [0.05, 0.1) is 31.9 Å². The molecule has 0 bridgehead atoms. The van der Waals surface area contributed by atoms with Gasteiger partial charge in [-0.25, -0.2) is 4.79 Å². The average Bonchev–Trinajstić information content (AvgIpc) is 2.72. The summed E-state index contributed by atoms with van der Waals surface area (Å²) in [5.74, 6) is 0.700. The SMILES string of the molecule is C=CC[N+]1(CCOC(=O)Nc2ccccc2OCCCCCCC)CCCCC1. The lowest BCUT2D eigenvalue weighted by atomic mass is 10.1. The average molecular weight is 404 g/mol. The van der Waals surface area contributed by atoms with Crippen molar-refractivity contribution in [2.45, 2.75) is 58.3 Å². The smallest absolute Gasteiger partial charge is 0.411 e. The first kappa shape index (κ1) is 23.3. The van der Waals surface area contributed by atoms with E-state index in [2.05, 4.69) is 18.8 Å². The Kier molecular flexibility index (Phi) is 10.6. The Bertz CT molecular complexity index is 612. The molecule has 162 valence electrons. The molecule has 5 heteroatoms. The first-order valence-corrected chi connectivity index (χ1v) is 11.3. The van der Waals surface area contributed by atoms with Crippen molar-refractivity contribution in [2.24, 2.45) is 0 Å². The number of amides is 1. The number of rotatable bonds is 13. The monoisotopic (exact) mass is 403 g/mol. The lowest BCUT2D eigenvalue weighted by Gasteiger charge is -2.40. The first-order valence-electron chi connectivity index (χ1n) is 11.3. The molecule has 1 aliphatic rings. The number of likely N-dealkylation sites (tertiary alicyclic amines) is 1. The number of piperidine rings is 1. The summed E-state index contributed by atoms with van der Waals surface area (Å²) in [4.78, 5) is 12.3. The maximum Gasteiger partial charge on any atom is 0.411 e. The van der Waals surface area contributed by atoms with Crippen LogP contribution in [-0.2, 0) is 4.74 Å². The highest BCUT2D eigenvalue weighted by atomic mass is 16.5. The summed E-state index contributed by atoms with van der Waals surface area (Å²) in [7, 11) is 0. The van der Waals surface area contributed by atoms with Gasteiger partial charge in [-0.1, -0.05) is 51.3 Å². The maximum atomic E-state index is 12.3. The molecular formula is C24H39N2O3+. The van der Waals surface area contributed by atoms with Gasteiger partial charge >= 0.3 is 6.09 Å². The fourth-order valence-electron chi connectivity index (χ4n) is 4.02. The molecule has 0 aromatic heterocycles. The van der Waals surface area contributed by atoms with E-state index in [1.807, 2.05) is 30.3 Å². The number of benzene rings is 1. The van der Waals surface area contributed by atoms with Crippen molar-refractivity contribution in [1.29, 1.82) is 0 Å². The largest absolute Gasteiger partial charge is 0.491 e. The summed E-state index contributed by atoms with van der Waals surface area (Å²) in [6.07, 6.45) is 11.3. The number of hydrogen-bond acceptors (Lipinski definition) is 3. The molecule has 5 nitrogen and oxygen atoms in total. The van der Waals surface area contributed by atoms with Crippen molar-refractivity contribution >= 4 is 11.8 Å². The van der Waals surface area contributed by atoms with E-state index in [4.69, 9.17) is 9.47 Å². The van der Waals surface area contributed by atoms with E-state index in [1.54, 1.807) is 0 Å². The third kappa shape index (κ3) is 8.48. The molecule has 0 aliphatic carbocycles. The minimum absolute atomic E-state index is 0.417. The molecule has 0 spiro atoms. The number of carbonyl (C=O) groups is 1. The summed E-state index contributed by atoms with van der Waals surface area (Å²) in [6.45, 7) is 11.3. The van der Waals surface area contributed by atoms with Gasteiger partial charge in [0.25, 0.3) is 0 Å². The first-order chi connectivity index (χ1) is 14.2. The molecule has 1 N–H and O–H groups in total. The van der Waals surface area contributed by atoms with Crippen LogP contribution in [0, 0.1) is 0 Å². The highest BCUT2D eigenvalue weighted by Gasteiger charge is 2.28. The Morgan fingerprint density at radius 1 is 1.10 bits per heavy atom. The van der Waals surface area contributed by atoms with Crippen molar-refractivity contribution in [1.82, 2.24) is 0 Å². The molecule has 1 heterocycles. The van der Waals surface area contributed by atoms with Gasteiger partial charge in [0, 0.05) is 0 Å². The van der Waals surface area contributed by atoms with Crippen LogP contribution >= 0.6 is 0 Å². The van der Waals surface area contributed by atoms with Crippen molar-refractivity contribution in [3.8, 4) is 5.75 Å². The minimum Gasteiger partial charge on any atom is -0.491 e. The second-order valence-corrected chi connectivity index (χ2v) is 8.06. The molecular weight excluding hydrogens is 364 g/mol. The normalized spacial score (nSPS) is 15.5. The van der Waals surface area contributed by atoms with Crippen LogP contribution in [-0.4, -0.2) is 50.0 Å². The predicted octanol–water partition coefficient (Wildman–Crippen LogP) is 5.77. The summed E-state index contributed by atoms with van der Waals surface area (Å²) in [5.41, 5.74) is 0.666. The van der Waals surface area contributed by atoms with Gasteiger partial charge in [0.1, 0.15) is 18.9 Å². The lowest BCUT2D eigenvalue weighted by molar-refractivity contribution is -0.927. The van der Waals surface area contributed by atoms with Gasteiger partial charge in [-0.05, 0) is 43.9 Å². The molecule has 1 aromatic rings. The van der Waals surface area contributed by atoms with Crippen molar-refractivity contribution in [2.75, 3.05) is 44.7 Å². The van der Waals surface area contributed by atoms with Crippen LogP contribution in [0.2, 0.25) is 0 Å². The number of nitrogens with one attached hydrogen (secondary N) is 1. The molecule has 1 aliphatic heterocycles. The molecule has 0 radical (unpaired) electrons. The highest BCUT2D eigenvalue weighted by Crippen LogP contribution is 2.24. The zero-order valence-corrected chi connectivity index (χ0v) is 18.2. The van der Waals surface area contributed by atoms with Crippen LogP contribution < -0.4 is 10.1 Å². The molecule has 2 rings (SSSR count). The predicted molar refractivity (Wildman–Crippen MR) is 119 cm³/mol. The minimum atomic E-state index is -0.419. The molecule has 0 unspecified atom stereocenters. The Morgan fingerprint density at radius 3 is 2.62 bits per heavy atom. The summed E-state index contributed by atoms with van der Waals surface area (Å²) < 4.78 is 12.4. The van der Waals surface area contributed by atoms with E-state index < -0.39 is 6.09 Å². The fourth-order valence-corrected chi connectivity index (χ4v) is 4.02. The van der Waals surface area contributed by atoms with E-state index in [9.17, 15) is 4.79 Å². The van der Waals surface area contributed by atoms with Crippen molar-refractivity contribution in [3.63, 3.8) is 0 Å². The van der Waals surface area contributed by atoms with Gasteiger partial charge in [0.2, 0.25) is 0 Å². The summed E-state index contributed by atoms with van der Waals surface area (Å²) in [6, 6.07) is 7.55. The van der Waals surface area contributed by atoms with Crippen LogP contribution in [0.3, 0.4) is 0 Å². The number of carbonyl (C=O) groups excluding carboxylic acids is 1. The Morgan fingerprint density at radius 2 is 1.86 bits per heavy atom. The number of quaternary nitrogens is 1. The van der Waals surface area contributed by atoms with Crippen LogP contribution in [0.4, 0.5) is 10.5 Å². The number of ether oxygens (including phenoxy) is 2. The van der Waals surface area contributed by atoms with Gasteiger partial charge in [-0.15, -0.1) is 0 Å². The Balaban J connectivity index is 1.76. The third-order valence-electron chi connectivity index (χ3n) is 5.71. The number of hydrogen-bond donors (Lipinski definition) is 1. The zero-order valence-electron chi connectivity index (χ0n) is 18.2. The summed E-state index contributed by atoms with van der Waals surface area (Å²) >= 11 is 0. The van der Waals surface area contributed by atoms with E-state index in [0.29, 0.717) is 24.7 Å². The quantitative estimate of drug-likeness (QED) is 0.258. The van der Waals surface area contributed by atoms with Crippen LogP contribution in [0.25, 0.3) is 0 Å². The van der Waals surface area contributed by atoms with E-state index in [0.717, 1.165) is 37.1 Å². The lowest BCUT2D eigenvalue weighted by Crippen LogP contribution is -2.53. The Hall–Kier alpha value is -2.01. The van der Waals surface area contributed by atoms with Gasteiger partial charge in [0.15, 0.2) is 0 Å². The highest BCUT2D eigenvalue weighted by molar-refractivity contribution is 5.86. The maximum absolute atomic E-state index is 12.3. The molecule has 1 amide bonds. The third-order valence-corrected chi connectivity index (χ3v) is 5.71. The van der Waals surface area contributed by atoms with Gasteiger partial charge < -0.3 is 14.0 Å². The molecule has 1 fully saturated rings. The second kappa shape index (κ2) is 13.3. The van der Waals surface area contributed by atoms with E-state index >= 15 is 0 Å². The number of unbranched alkanes of at least 4 members (excludes halogenated alkanes) is 4. The van der Waals surface area contributed by atoms with Gasteiger partial charge in [-0.2, -0.15) is 0 Å².